The van der Waals surface area contributed by atoms with Crippen LogP contribution in [0.2, 0.25) is 0 Å². The third kappa shape index (κ3) is 3.41. The number of imide groups is 1. The molecule has 3 amide bonds. The number of nitrogens with one attached hydrogen (secondary N) is 3. The lowest BCUT2D eigenvalue weighted by Crippen LogP contribution is -2.39. The first kappa shape index (κ1) is 13.7. The van der Waals surface area contributed by atoms with Crippen molar-refractivity contribution >= 4 is 29.5 Å². The molecule has 0 unspecified atom stereocenters. The molecule has 0 bridgehead atoms. The van der Waals surface area contributed by atoms with Gasteiger partial charge in [-0.25, -0.2) is 0 Å². The van der Waals surface area contributed by atoms with Crippen molar-refractivity contribution in [3.63, 3.8) is 0 Å². The summed E-state index contributed by atoms with van der Waals surface area (Å²) in [7, 11) is 0. The number of pyridine rings is 1. The molecule has 3 N–H and O–H groups in total. The van der Waals surface area contributed by atoms with Crippen LogP contribution in [0.1, 0.15) is 23.0 Å². The average Bonchev–Trinajstić information content (AvgIpc) is 2.44. The summed E-state index contributed by atoms with van der Waals surface area (Å²) in [6.45, 7) is 1.73. The summed E-state index contributed by atoms with van der Waals surface area (Å²) < 4.78 is 0. The number of carbonyl (C=O) groups excluding carboxylic acids is 3. The number of rotatable bonds is 3. The zero-order valence-electron chi connectivity index (χ0n) is 10.9. The Balaban J connectivity index is 2.01. The number of fused-ring (bicyclic) bond motifs is 1. The molecule has 104 valence electrons. The normalized spacial score (nSPS) is 12.1. The van der Waals surface area contributed by atoms with Gasteiger partial charge >= 0.3 is 0 Å². The summed E-state index contributed by atoms with van der Waals surface area (Å²) in [6.07, 6.45) is 5.41. The van der Waals surface area contributed by atoms with Gasteiger partial charge in [0.15, 0.2) is 0 Å². The maximum atomic E-state index is 11.8. The van der Waals surface area contributed by atoms with Crippen LogP contribution in [0, 0.1) is 0 Å². The van der Waals surface area contributed by atoms with E-state index >= 15 is 0 Å². The summed E-state index contributed by atoms with van der Waals surface area (Å²) >= 11 is 0. The second-order valence-corrected chi connectivity index (χ2v) is 4.23. The molecule has 0 atom stereocenters. The largest absolute Gasteiger partial charge is 0.381 e. The van der Waals surface area contributed by atoms with E-state index in [9.17, 15) is 14.4 Å². The molecule has 0 spiro atoms. The Morgan fingerprint density at radius 1 is 1.40 bits per heavy atom. The highest BCUT2D eigenvalue weighted by Crippen LogP contribution is 2.20. The molecule has 0 radical (unpaired) electrons. The number of aromatic nitrogens is 1. The van der Waals surface area contributed by atoms with E-state index in [1.54, 1.807) is 12.3 Å². The predicted molar refractivity (Wildman–Crippen MR) is 72.9 cm³/mol. The summed E-state index contributed by atoms with van der Waals surface area (Å²) in [5.41, 5.74) is 1.82. The molecule has 1 aliphatic rings. The summed E-state index contributed by atoms with van der Waals surface area (Å²) in [6, 6.07) is 1.58. The molecule has 0 saturated heterocycles. The molecule has 1 aliphatic heterocycles. The number of carbonyl (C=O) groups is 3. The van der Waals surface area contributed by atoms with Crippen molar-refractivity contribution in [2.75, 3.05) is 18.4 Å². The van der Waals surface area contributed by atoms with E-state index in [0.29, 0.717) is 6.54 Å². The molecule has 0 fully saturated rings. The quantitative estimate of drug-likeness (QED) is 0.715. The molecule has 7 heteroatoms. The van der Waals surface area contributed by atoms with E-state index in [-0.39, 0.29) is 18.1 Å². The van der Waals surface area contributed by atoms with Gasteiger partial charge in [-0.2, -0.15) is 0 Å². The second kappa shape index (κ2) is 5.96. The van der Waals surface area contributed by atoms with Gasteiger partial charge in [-0.05, 0) is 6.07 Å². The summed E-state index contributed by atoms with van der Waals surface area (Å²) in [5, 5.41) is 7.57. The molecule has 1 aromatic heterocycles. The van der Waals surface area contributed by atoms with Gasteiger partial charge in [-0.1, -0.05) is 12.2 Å². The molecular formula is C13H14N4O3. The number of hydrogen-bond acceptors (Lipinski definition) is 5. The zero-order valence-corrected chi connectivity index (χ0v) is 10.9. The van der Waals surface area contributed by atoms with Gasteiger partial charge in [0.05, 0.1) is 6.54 Å². The molecular weight excluding hydrogens is 260 g/mol. The Kier molecular flexibility index (Phi) is 4.09. The van der Waals surface area contributed by atoms with Crippen LogP contribution in [0.4, 0.5) is 5.69 Å². The Labute approximate surface area is 115 Å². The number of anilines is 1. The van der Waals surface area contributed by atoms with Crippen molar-refractivity contribution in [1.29, 1.82) is 0 Å². The molecule has 0 saturated carbocycles. The fourth-order valence-electron chi connectivity index (χ4n) is 1.67. The van der Waals surface area contributed by atoms with Crippen molar-refractivity contribution in [3.8, 4) is 0 Å². The van der Waals surface area contributed by atoms with Crippen molar-refractivity contribution in [2.24, 2.45) is 0 Å². The predicted octanol–water partition coefficient (Wildman–Crippen LogP) is -0.0872. The number of amides is 3. The molecule has 20 heavy (non-hydrogen) atoms. The average molecular weight is 274 g/mol. The Morgan fingerprint density at radius 2 is 2.20 bits per heavy atom. The van der Waals surface area contributed by atoms with Gasteiger partial charge in [0.25, 0.3) is 5.91 Å². The van der Waals surface area contributed by atoms with E-state index in [1.165, 1.54) is 6.92 Å². The molecule has 0 aliphatic carbocycles. The summed E-state index contributed by atoms with van der Waals surface area (Å²) in [4.78, 5) is 37.9. The minimum atomic E-state index is -0.598. The van der Waals surface area contributed by atoms with Gasteiger partial charge in [0.1, 0.15) is 5.69 Å². The van der Waals surface area contributed by atoms with Crippen LogP contribution >= 0.6 is 0 Å². The van der Waals surface area contributed by atoms with E-state index < -0.39 is 11.8 Å². The molecule has 0 aromatic carbocycles. The Bertz CT molecular complexity index is 595. The minimum absolute atomic E-state index is 0.141. The van der Waals surface area contributed by atoms with E-state index in [2.05, 4.69) is 20.9 Å². The van der Waals surface area contributed by atoms with Crippen molar-refractivity contribution in [1.82, 2.24) is 15.6 Å². The minimum Gasteiger partial charge on any atom is -0.381 e. The maximum absolute atomic E-state index is 11.8. The second-order valence-electron chi connectivity index (χ2n) is 4.23. The molecule has 2 rings (SSSR count). The third-order valence-electron chi connectivity index (χ3n) is 2.63. The standard InChI is InChI=1S/C13H14N4O3/c1-8(18)15-7-12(19)17-13(20)11-5-10-9(6-16-11)3-2-4-14-10/h2-3,5-6,14H,4,7H2,1H3,(H,15,18)(H,17,19,20). The maximum Gasteiger partial charge on any atom is 0.276 e. The smallest absolute Gasteiger partial charge is 0.276 e. The topological polar surface area (TPSA) is 100 Å². The van der Waals surface area contributed by atoms with Crippen LogP contribution in [-0.4, -0.2) is 35.8 Å². The monoisotopic (exact) mass is 274 g/mol. The van der Waals surface area contributed by atoms with Crippen LogP contribution in [0.25, 0.3) is 6.08 Å². The number of nitrogens with zero attached hydrogens (tertiary/aromatic N) is 1. The SMILES string of the molecule is CC(=O)NCC(=O)NC(=O)c1cc2c(cn1)C=CCN2. The zero-order chi connectivity index (χ0) is 14.5. The first-order chi connectivity index (χ1) is 9.56. The molecule has 1 aromatic rings. The van der Waals surface area contributed by atoms with Crippen LogP contribution < -0.4 is 16.0 Å². The highest BCUT2D eigenvalue weighted by molar-refractivity contribution is 6.05. The Hall–Kier alpha value is -2.70. The molecule has 2 heterocycles. The fourth-order valence-corrected chi connectivity index (χ4v) is 1.67. The van der Waals surface area contributed by atoms with E-state index in [1.807, 2.05) is 12.2 Å². The van der Waals surface area contributed by atoms with Crippen LogP contribution in [-0.2, 0) is 9.59 Å². The lowest BCUT2D eigenvalue weighted by atomic mass is 10.1. The fraction of sp³-hybridized carbons (Fsp3) is 0.231. The van der Waals surface area contributed by atoms with E-state index in [4.69, 9.17) is 0 Å². The van der Waals surface area contributed by atoms with Crippen molar-refractivity contribution in [2.45, 2.75) is 6.92 Å². The first-order valence-corrected chi connectivity index (χ1v) is 6.05. The van der Waals surface area contributed by atoms with Crippen LogP contribution in [0.15, 0.2) is 18.3 Å². The van der Waals surface area contributed by atoms with Crippen molar-refractivity contribution in [3.05, 3.63) is 29.6 Å². The lowest BCUT2D eigenvalue weighted by molar-refractivity contribution is -0.124. The Morgan fingerprint density at radius 3 is 2.95 bits per heavy atom. The van der Waals surface area contributed by atoms with Gasteiger partial charge in [-0.15, -0.1) is 0 Å². The molecule has 7 nitrogen and oxygen atoms in total. The van der Waals surface area contributed by atoms with Gasteiger partial charge in [0, 0.05) is 30.9 Å². The highest BCUT2D eigenvalue weighted by atomic mass is 16.2. The van der Waals surface area contributed by atoms with Gasteiger partial charge in [0.2, 0.25) is 11.8 Å². The van der Waals surface area contributed by atoms with Crippen LogP contribution in [0.3, 0.4) is 0 Å². The first-order valence-electron chi connectivity index (χ1n) is 6.05. The number of hydrogen-bond donors (Lipinski definition) is 3. The highest BCUT2D eigenvalue weighted by Gasteiger charge is 2.14. The van der Waals surface area contributed by atoms with Crippen molar-refractivity contribution < 1.29 is 14.4 Å². The van der Waals surface area contributed by atoms with Gasteiger partial charge < -0.3 is 10.6 Å². The summed E-state index contributed by atoms with van der Waals surface area (Å²) in [5.74, 6) is -1.52. The third-order valence-corrected chi connectivity index (χ3v) is 2.63. The van der Waals surface area contributed by atoms with Crippen LogP contribution in [0.5, 0.6) is 0 Å². The lowest BCUT2D eigenvalue weighted by Gasteiger charge is -2.13. The van der Waals surface area contributed by atoms with Gasteiger partial charge in [-0.3, -0.25) is 24.7 Å². The van der Waals surface area contributed by atoms with E-state index in [0.717, 1.165) is 11.3 Å².